The van der Waals surface area contributed by atoms with Crippen LogP contribution >= 0.6 is 0 Å². The maximum atomic E-state index is 8.49. The molecule has 0 spiro atoms. The van der Waals surface area contributed by atoms with Gasteiger partial charge in [-0.3, -0.25) is 0 Å². The lowest BCUT2D eigenvalue weighted by molar-refractivity contribution is -2.00. The fraction of sp³-hybridized carbons (Fsp3) is 0.143. The van der Waals surface area contributed by atoms with E-state index in [4.69, 9.17) is 37.9 Å². The van der Waals surface area contributed by atoms with Crippen LogP contribution in [-0.2, 0) is 4.74 Å². The molecule has 1 unspecified atom stereocenters. The molecule has 10 heteroatoms. The SMILES string of the molecule is COc1ccc(C2=CC(=C3C=CC(=[N+]4N=C(C)CC4c4ccccc4)C=C3)C=C(c3ccc(OC)cc3)O2)cc1.[O-][Cl+3]([O-])([O-])[O-]. The van der Waals surface area contributed by atoms with Crippen LogP contribution in [0.4, 0.5) is 0 Å². The quantitative estimate of drug-likeness (QED) is 0.397. The van der Waals surface area contributed by atoms with E-state index in [2.05, 4.69) is 78.4 Å². The Morgan fingerprint density at radius 1 is 0.711 bits per heavy atom. The van der Waals surface area contributed by atoms with Crippen molar-refractivity contribution in [3.05, 3.63) is 143 Å². The van der Waals surface area contributed by atoms with Gasteiger partial charge in [0.1, 0.15) is 23.0 Å². The fourth-order valence-electron chi connectivity index (χ4n) is 5.10. The zero-order valence-electron chi connectivity index (χ0n) is 24.9. The zero-order chi connectivity index (χ0) is 32.0. The number of nitrogens with zero attached hydrogens (tertiary/aromatic N) is 2. The van der Waals surface area contributed by atoms with Gasteiger partial charge in [-0.05, 0) is 96.0 Å². The number of rotatable bonds is 5. The Labute approximate surface area is 263 Å². The first kappa shape index (κ1) is 31.6. The van der Waals surface area contributed by atoms with Crippen molar-refractivity contribution in [1.82, 2.24) is 0 Å². The summed E-state index contributed by atoms with van der Waals surface area (Å²) in [4.78, 5) is 0. The molecule has 0 saturated carbocycles. The van der Waals surface area contributed by atoms with Crippen molar-refractivity contribution in [3.8, 4) is 11.5 Å². The predicted molar refractivity (Wildman–Crippen MR) is 161 cm³/mol. The first-order chi connectivity index (χ1) is 21.6. The molecule has 0 aromatic heterocycles. The first-order valence-electron chi connectivity index (χ1n) is 14.0. The molecule has 0 N–H and O–H groups in total. The van der Waals surface area contributed by atoms with E-state index >= 15 is 0 Å². The maximum Gasteiger partial charge on any atom is 0.232 e. The van der Waals surface area contributed by atoms with Crippen LogP contribution < -0.4 is 28.1 Å². The Morgan fingerprint density at radius 3 is 1.67 bits per heavy atom. The molecule has 6 rings (SSSR count). The second kappa shape index (κ2) is 13.9. The van der Waals surface area contributed by atoms with Crippen LogP contribution in [-0.4, -0.2) is 30.3 Å². The lowest BCUT2D eigenvalue weighted by atomic mass is 9.97. The Morgan fingerprint density at radius 2 is 1.20 bits per heavy atom. The summed E-state index contributed by atoms with van der Waals surface area (Å²) in [5.41, 5.74) is 7.58. The lowest BCUT2D eigenvalue weighted by Crippen LogP contribution is -2.68. The van der Waals surface area contributed by atoms with Crippen molar-refractivity contribution in [2.24, 2.45) is 5.10 Å². The molecule has 0 amide bonds. The number of hydrogen-bond donors (Lipinski definition) is 0. The van der Waals surface area contributed by atoms with Gasteiger partial charge in [-0.15, -0.1) is 10.2 Å². The second-order valence-corrected chi connectivity index (χ2v) is 11.0. The Kier molecular flexibility index (Phi) is 9.77. The molecule has 3 aromatic rings. The molecule has 3 aromatic carbocycles. The summed E-state index contributed by atoms with van der Waals surface area (Å²) in [6.45, 7) is 2.10. The fourth-order valence-corrected chi connectivity index (χ4v) is 5.10. The Bertz CT molecular complexity index is 1660. The third-order valence-electron chi connectivity index (χ3n) is 7.25. The summed E-state index contributed by atoms with van der Waals surface area (Å²) in [5, 5.41) is 4.87. The van der Waals surface area contributed by atoms with Gasteiger partial charge in [-0.1, -0.05) is 35.0 Å². The molecule has 0 fully saturated rings. The van der Waals surface area contributed by atoms with E-state index in [0.29, 0.717) is 0 Å². The van der Waals surface area contributed by atoms with Gasteiger partial charge < -0.3 is 14.2 Å². The van der Waals surface area contributed by atoms with E-state index in [1.165, 1.54) is 5.56 Å². The van der Waals surface area contributed by atoms with Gasteiger partial charge in [-0.2, -0.15) is 0 Å². The van der Waals surface area contributed by atoms with Crippen LogP contribution in [0.1, 0.15) is 36.1 Å². The van der Waals surface area contributed by atoms with Crippen molar-refractivity contribution in [2.45, 2.75) is 19.4 Å². The summed E-state index contributed by atoms with van der Waals surface area (Å²) in [7, 11) is -1.61. The van der Waals surface area contributed by atoms with Crippen LogP contribution in [0.25, 0.3) is 11.5 Å². The minimum absolute atomic E-state index is 0.200. The van der Waals surface area contributed by atoms with Gasteiger partial charge in [0.2, 0.25) is 11.8 Å². The average Bonchev–Trinajstić information content (AvgIpc) is 3.46. The minimum Gasteiger partial charge on any atom is -0.497 e. The summed E-state index contributed by atoms with van der Waals surface area (Å²) >= 11 is 0. The highest BCUT2D eigenvalue weighted by molar-refractivity contribution is 6.03. The second-order valence-electron chi connectivity index (χ2n) is 10.3. The minimum atomic E-state index is -4.94. The van der Waals surface area contributed by atoms with E-state index in [0.717, 1.165) is 63.1 Å². The molecule has 1 atom stereocenters. The summed E-state index contributed by atoms with van der Waals surface area (Å²) in [6.07, 6.45) is 13.7. The molecular weight excluding hydrogens is 596 g/mol. The molecule has 0 saturated heterocycles. The molecular formula is C35H31ClN2O7. The van der Waals surface area contributed by atoms with Crippen LogP contribution in [0.15, 0.2) is 132 Å². The molecule has 1 aliphatic carbocycles. The molecule has 230 valence electrons. The molecule has 2 heterocycles. The van der Waals surface area contributed by atoms with Gasteiger partial charge in [0.15, 0.2) is 0 Å². The smallest absolute Gasteiger partial charge is 0.232 e. The van der Waals surface area contributed by atoms with Crippen LogP contribution in [0, 0.1) is 10.2 Å². The van der Waals surface area contributed by atoms with E-state index in [9.17, 15) is 0 Å². The predicted octanol–water partition coefficient (Wildman–Crippen LogP) is 2.76. The van der Waals surface area contributed by atoms with Crippen molar-refractivity contribution >= 4 is 22.9 Å². The third kappa shape index (κ3) is 8.24. The molecule has 2 aliphatic heterocycles. The van der Waals surface area contributed by atoms with Crippen molar-refractivity contribution in [1.29, 1.82) is 0 Å². The number of methoxy groups -OCH3 is 2. The Hall–Kier alpha value is -4.77. The monoisotopic (exact) mass is 626 g/mol. The number of ether oxygens (including phenoxy) is 3. The van der Waals surface area contributed by atoms with Gasteiger partial charge >= 0.3 is 0 Å². The summed E-state index contributed by atoms with van der Waals surface area (Å²) < 4.78 is 53.2. The molecule has 45 heavy (non-hydrogen) atoms. The zero-order valence-corrected chi connectivity index (χ0v) is 25.6. The molecule has 0 bridgehead atoms. The molecule has 0 radical (unpaired) electrons. The summed E-state index contributed by atoms with van der Waals surface area (Å²) in [6, 6.07) is 26.6. The third-order valence-corrected chi connectivity index (χ3v) is 7.25. The van der Waals surface area contributed by atoms with Crippen LogP contribution in [0.2, 0.25) is 0 Å². The molecule has 9 nitrogen and oxygen atoms in total. The molecule has 3 aliphatic rings. The van der Waals surface area contributed by atoms with E-state index in [1.54, 1.807) is 14.2 Å². The standard InChI is InChI=1S/C35H31N2O3.ClHO4/c1-24-21-33(26-7-5-4-6-8-26)37(36-24)30-15-9-25(10-16-30)29-22-34(27-11-17-31(38-2)18-12-27)40-35(23-29)28-13-19-32(39-3)20-14-28;2-1(3,4)5/h4-20,22-23,33H,21H2,1-3H3;(H,2,3,4,5)/q+1;/p-1. The topological polar surface area (TPSA) is 135 Å². The van der Waals surface area contributed by atoms with E-state index in [1.807, 2.05) is 48.5 Å². The van der Waals surface area contributed by atoms with Gasteiger partial charge in [0, 0.05) is 28.8 Å². The number of allylic oxidation sites excluding steroid dienone is 8. The highest BCUT2D eigenvalue weighted by Gasteiger charge is 2.33. The van der Waals surface area contributed by atoms with E-state index in [-0.39, 0.29) is 6.04 Å². The van der Waals surface area contributed by atoms with Crippen molar-refractivity contribution in [3.63, 3.8) is 0 Å². The lowest BCUT2D eigenvalue weighted by Gasteiger charge is -2.20. The van der Waals surface area contributed by atoms with Crippen molar-refractivity contribution in [2.75, 3.05) is 14.2 Å². The largest absolute Gasteiger partial charge is 0.497 e. The van der Waals surface area contributed by atoms with Crippen molar-refractivity contribution < 1.29 is 47.8 Å². The van der Waals surface area contributed by atoms with Crippen LogP contribution in [0.3, 0.4) is 0 Å². The van der Waals surface area contributed by atoms with Gasteiger partial charge in [0.25, 0.3) is 0 Å². The summed E-state index contributed by atoms with van der Waals surface area (Å²) in [5.74, 6) is 3.16. The van der Waals surface area contributed by atoms with Crippen LogP contribution in [0.5, 0.6) is 11.5 Å². The number of hydrogen-bond acceptors (Lipinski definition) is 8. The van der Waals surface area contributed by atoms with E-state index < -0.39 is 10.2 Å². The Balaban J connectivity index is 0.000000743. The normalized spacial score (nSPS) is 17.6. The van der Waals surface area contributed by atoms with Gasteiger partial charge in [-0.25, -0.2) is 18.6 Å². The number of hydrazone groups is 1. The average molecular weight is 627 g/mol. The first-order valence-corrected chi connectivity index (χ1v) is 15.2. The number of halogens is 1. The highest BCUT2D eigenvalue weighted by Crippen LogP contribution is 2.35. The van der Waals surface area contributed by atoms with Gasteiger partial charge in [0.05, 0.1) is 26.4 Å². The maximum absolute atomic E-state index is 8.49. The highest BCUT2D eigenvalue weighted by atomic mass is 35.7. The number of benzene rings is 3.